The molecule has 0 aliphatic carbocycles. The molecule has 1 heterocycles. The number of nitrogens with zero attached hydrogens (tertiary/aromatic N) is 2. The van der Waals surface area contributed by atoms with Crippen molar-refractivity contribution in [3.05, 3.63) is 29.1 Å². The third kappa shape index (κ3) is 1.55. The summed E-state index contributed by atoms with van der Waals surface area (Å²) in [5.74, 6) is 0.429. The fourth-order valence-electron chi connectivity index (χ4n) is 1.00. The maximum Gasteiger partial charge on any atom is 0.249 e. The number of nitrogens with two attached hydrogens (primary N) is 1. The van der Waals surface area contributed by atoms with E-state index in [1.807, 2.05) is 12.1 Å². The lowest BCUT2D eigenvalue weighted by Crippen LogP contribution is -1.89. The minimum absolute atomic E-state index is 0.429. The van der Waals surface area contributed by atoms with Gasteiger partial charge in [-0.15, -0.1) is 10.2 Å². The molecule has 4 nitrogen and oxygen atoms in total. The first-order valence-electron chi connectivity index (χ1n) is 3.59. The van der Waals surface area contributed by atoms with Gasteiger partial charge in [0.25, 0.3) is 0 Å². The van der Waals surface area contributed by atoms with E-state index in [-0.39, 0.29) is 0 Å². The third-order valence-electron chi connectivity index (χ3n) is 1.61. The molecule has 0 unspecified atom stereocenters. The summed E-state index contributed by atoms with van der Waals surface area (Å²) in [6.45, 7) is 0. The zero-order valence-electron chi connectivity index (χ0n) is 6.57. The van der Waals surface area contributed by atoms with Crippen molar-refractivity contribution in [2.24, 2.45) is 0 Å². The highest BCUT2D eigenvalue weighted by Gasteiger charge is 2.07. The average Bonchev–Trinajstić information content (AvgIpc) is 2.61. The first kappa shape index (κ1) is 8.25. The molecule has 0 fully saturated rings. The van der Waals surface area contributed by atoms with E-state index in [9.17, 15) is 0 Å². The van der Waals surface area contributed by atoms with E-state index in [1.165, 1.54) is 6.39 Å². The van der Waals surface area contributed by atoms with Gasteiger partial charge in [0.1, 0.15) is 0 Å². The van der Waals surface area contributed by atoms with E-state index < -0.39 is 0 Å². The largest absolute Gasteiger partial charge is 0.423 e. The molecule has 0 saturated carbocycles. The van der Waals surface area contributed by atoms with E-state index in [0.29, 0.717) is 11.6 Å². The molecule has 1 aromatic heterocycles. The number of aromatic nitrogens is 2. The summed E-state index contributed by atoms with van der Waals surface area (Å²) in [6.07, 6.45) is 1.27. The monoisotopic (exact) mass is 239 g/mol. The Balaban J connectivity index is 2.57. The van der Waals surface area contributed by atoms with E-state index in [2.05, 4.69) is 26.1 Å². The summed E-state index contributed by atoms with van der Waals surface area (Å²) in [5, 5.41) is 7.35. The zero-order valence-corrected chi connectivity index (χ0v) is 8.15. The van der Waals surface area contributed by atoms with Crippen molar-refractivity contribution in [3.63, 3.8) is 0 Å². The Kier molecular flexibility index (Phi) is 2.02. The van der Waals surface area contributed by atoms with Gasteiger partial charge in [-0.1, -0.05) is 15.9 Å². The number of halogens is 1. The van der Waals surface area contributed by atoms with Crippen LogP contribution >= 0.6 is 15.9 Å². The lowest BCUT2D eigenvalue weighted by atomic mass is 10.2. The van der Waals surface area contributed by atoms with Crippen LogP contribution in [-0.2, 0) is 0 Å². The predicted octanol–water partition coefficient (Wildman–Crippen LogP) is 2.08. The van der Waals surface area contributed by atoms with Crippen molar-refractivity contribution in [3.8, 4) is 11.5 Å². The molecule has 0 saturated heterocycles. The van der Waals surface area contributed by atoms with Crippen LogP contribution in [0.2, 0.25) is 0 Å². The highest BCUT2D eigenvalue weighted by atomic mass is 79.9. The summed E-state index contributed by atoms with van der Waals surface area (Å²) < 4.78 is 5.96. The van der Waals surface area contributed by atoms with Crippen molar-refractivity contribution in [2.75, 3.05) is 5.73 Å². The van der Waals surface area contributed by atoms with Gasteiger partial charge in [0, 0.05) is 10.2 Å². The van der Waals surface area contributed by atoms with Gasteiger partial charge in [-0.25, -0.2) is 0 Å². The summed E-state index contributed by atoms with van der Waals surface area (Å²) >= 11 is 3.34. The van der Waals surface area contributed by atoms with Crippen LogP contribution in [-0.4, -0.2) is 10.2 Å². The molecule has 0 bridgehead atoms. The van der Waals surface area contributed by atoms with Crippen LogP contribution in [0, 0.1) is 0 Å². The minimum atomic E-state index is 0.429. The first-order chi connectivity index (χ1) is 6.27. The molecular formula is C8H6BrN3O. The number of rotatable bonds is 1. The van der Waals surface area contributed by atoms with Gasteiger partial charge < -0.3 is 10.2 Å². The van der Waals surface area contributed by atoms with Crippen LogP contribution in [0.15, 0.2) is 33.5 Å². The summed E-state index contributed by atoms with van der Waals surface area (Å²) in [4.78, 5) is 0. The van der Waals surface area contributed by atoms with Crippen molar-refractivity contribution in [1.29, 1.82) is 0 Å². The van der Waals surface area contributed by atoms with Crippen LogP contribution in [0.5, 0.6) is 0 Å². The second-order valence-electron chi connectivity index (χ2n) is 2.48. The molecule has 2 aromatic rings. The fourth-order valence-corrected chi connectivity index (χ4v) is 1.37. The number of hydrogen-bond donors (Lipinski definition) is 1. The molecule has 0 aliphatic heterocycles. The predicted molar refractivity (Wildman–Crippen MR) is 51.8 cm³/mol. The van der Waals surface area contributed by atoms with Crippen LogP contribution in [0.25, 0.3) is 11.5 Å². The smallest absolute Gasteiger partial charge is 0.249 e. The van der Waals surface area contributed by atoms with E-state index >= 15 is 0 Å². The van der Waals surface area contributed by atoms with Crippen molar-refractivity contribution in [2.45, 2.75) is 0 Å². The molecule has 0 atom stereocenters. The van der Waals surface area contributed by atoms with E-state index in [0.717, 1.165) is 10.0 Å². The Morgan fingerprint density at radius 1 is 1.38 bits per heavy atom. The van der Waals surface area contributed by atoms with Crippen molar-refractivity contribution >= 4 is 21.6 Å². The molecular weight excluding hydrogens is 234 g/mol. The van der Waals surface area contributed by atoms with Crippen LogP contribution < -0.4 is 5.73 Å². The van der Waals surface area contributed by atoms with Gasteiger partial charge >= 0.3 is 0 Å². The molecule has 0 aliphatic rings. The lowest BCUT2D eigenvalue weighted by molar-refractivity contribution is 0.569. The second-order valence-corrected chi connectivity index (χ2v) is 3.39. The van der Waals surface area contributed by atoms with Gasteiger partial charge in [-0.05, 0) is 18.2 Å². The van der Waals surface area contributed by atoms with Crippen LogP contribution in [0.4, 0.5) is 5.69 Å². The van der Waals surface area contributed by atoms with Gasteiger partial charge in [0.05, 0.1) is 5.56 Å². The molecule has 0 radical (unpaired) electrons. The normalized spacial score (nSPS) is 10.2. The molecule has 5 heteroatoms. The molecule has 0 amide bonds. The standard InChI is InChI=1S/C8H6BrN3O/c9-5-1-2-7(10)6(3-5)8-12-11-4-13-8/h1-4H,10H2. The molecule has 13 heavy (non-hydrogen) atoms. The Morgan fingerprint density at radius 3 is 2.92 bits per heavy atom. The van der Waals surface area contributed by atoms with Gasteiger partial charge in [0.2, 0.25) is 12.3 Å². The Morgan fingerprint density at radius 2 is 2.23 bits per heavy atom. The van der Waals surface area contributed by atoms with Crippen molar-refractivity contribution in [1.82, 2.24) is 10.2 Å². The highest BCUT2D eigenvalue weighted by molar-refractivity contribution is 9.10. The summed E-state index contributed by atoms with van der Waals surface area (Å²) in [6, 6.07) is 5.47. The number of hydrogen-bond acceptors (Lipinski definition) is 4. The van der Waals surface area contributed by atoms with Crippen LogP contribution in [0.1, 0.15) is 0 Å². The molecule has 1 aromatic carbocycles. The van der Waals surface area contributed by atoms with Crippen molar-refractivity contribution < 1.29 is 4.42 Å². The summed E-state index contributed by atoms with van der Waals surface area (Å²) in [7, 11) is 0. The Bertz CT molecular complexity index is 413. The molecule has 66 valence electrons. The van der Waals surface area contributed by atoms with E-state index in [4.69, 9.17) is 10.2 Å². The topological polar surface area (TPSA) is 64.9 Å². The maximum absolute atomic E-state index is 5.73. The summed E-state index contributed by atoms with van der Waals surface area (Å²) in [5.41, 5.74) is 7.09. The maximum atomic E-state index is 5.73. The number of anilines is 1. The first-order valence-corrected chi connectivity index (χ1v) is 4.38. The lowest BCUT2D eigenvalue weighted by Gasteiger charge is -2.00. The van der Waals surface area contributed by atoms with E-state index in [1.54, 1.807) is 6.07 Å². The number of nitrogen functional groups attached to an aromatic ring is 1. The average molecular weight is 240 g/mol. The minimum Gasteiger partial charge on any atom is -0.423 e. The highest BCUT2D eigenvalue weighted by Crippen LogP contribution is 2.26. The molecule has 2 N–H and O–H groups in total. The van der Waals surface area contributed by atoms with Gasteiger partial charge in [0.15, 0.2) is 0 Å². The Labute approximate surface area is 82.9 Å². The second kappa shape index (κ2) is 3.18. The fraction of sp³-hybridized carbons (Fsp3) is 0. The van der Waals surface area contributed by atoms with Crippen LogP contribution in [0.3, 0.4) is 0 Å². The molecule has 2 rings (SSSR count). The van der Waals surface area contributed by atoms with Gasteiger partial charge in [-0.2, -0.15) is 0 Å². The molecule has 0 spiro atoms. The Hall–Kier alpha value is -1.36. The SMILES string of the molecule is Nc1ccc(Br)cc1-c1nnco1. The zero-order chi connectivity index (χ0) is 9.26. The quantitative estimate of drug-likeness (QED) is 0.775. The third-order valence-corrected chi connectivity index (χ3v) is 2.10. The number of benzene rings is 1. The van der Waals surface area contributed by atoms with Gasteiger partial charge in [-0.3, -0.25) is 0 Å².